The highest BCUT2D eigenvalue weighted by molar-refractivity contribution is 6.30. The van der Waals surface area contributed by atoms with Crippen molar-refractivity contribution in [3.05, 3.63) is 70.7 Å². The van der Waals surface area contributed by atoms with E-state index >= 15 is 0 Å². The molecule has 0 spiro atoms. The normalized spacial score (nSPS) is 19.7. The minimum Gasteiger partial charge on any atom is -0.318 e. The van der Waals surface area contributed by atoms with E-state index in [1.54, 1.807) is 55.5 Å². The molecule has 3 rings (SSSR count). The van der Waals surface area contributed by atoms with Crippen molar-refractivity contribution in [2.24, 2.45) is 0 Å². The van der Waals surface area contributed by atoms with Crippen molar-refractivity contribution in [3.8, 4) is 0 Å². The summed E-state index contributed by atoms with van der Waals surface area (Å²) in [7, 11) is 0. The van der Waals surface area contributed by atoms with Gasteiger partial charge in [-0.05, 0) is 30.2 Å². The standard InChI is InChI=1S/C18H16ClN3O3/c1-18(13-5-3-2-4-6-13)16(24)22(17(25)20-18)21-15(23)11-12-7-9-14(19)10-8-12/h2-10H,11H2,1H3,(H,20,25)(H,21,23)/t18-/m0/s1. The van der Waals surface area contributed by atoms with Gasteiger partial charge in [0, 0.05) is 5.02 Å². The number of carbonyl (C=O) groups is 3. The molecule has 1 aliphatic rings. The fraction of sp³-hybridized carbons (Fsp3) is 0.167. The van der Waals surface area contributed by atoms with Crippen LogP contribution in [0, 0.1) is 0 Å². The molecular formula is C18H16ClN3O3. The van der Waals surface area contributed by atoms with Gasteiger partial charge in [0.15, 0.2) is 0 Å². The highest BCUT2D eigenvalue weighted by Crippen LogP contribution is 2.27. The number of hydrogen-bond acceptors (Lipinski definition) is 3. The van der Waals surface area contributed by atoms with Crippen molar-refractivity contribution in [1.29, 1.82) is 0 Å². The van der Waals surface area contributed by atoms with Gasteiger partial charge in [0.05, 0.1) is 6.42 Å². The van der Waals surface area contributed by atoms with E-state index in [1.165, 1.54) is 0 Å². The summed E-state index contributed by atoms with van der Waals surface area (Å²) in [5.41, 5.74) is 2.51. The van der Waals surface area contributed by atoms with Gasteiger partial charge in [0.1, 0.15) is 5.54 Å². The van der Waals surface area contributed by atoms with E-state index in [0.29, 0.717) is 10.6 Å². The molecule has 2 aromatic carbocycles. The summed E-state index contributed by atoms with van der Waals surface area (Å²) in [5.74, 6) is -1.00. The zero-order valence-corrected chi connectivity index (χ0v) is 14.2. The molecule has 0 radical (unpaired) electrons. The number of halogens is 1. The second-order valence-electron chi connectivity index (χ2n) is 5.90. The molecule has 1 atom stereocenters. The fourth-order valence-electron chi connectivity index (χ4n) is 2.66. The van der Waals surface area contributed by atoms with Gasteiger partial charge in [0.25, 0.3) is 5.91 Å². The summed E-state index contributed by atoms with van der Waals surface area (Å²) < 4.78 is 0. The van der Waals surface area contributed by atoms with Crippen LogP contribution >= 0.6 is 11.6 Å². The Kier molecular flexibility index (Phi) is 4.46. The number of amides is 4. The third-order valence-corrected chi connectivity index (χ3v) is 4.31. The number of hydrazine groups is 1. The van der Waals surface area contributed by atoms with Crippen LogP contribution in [0.1, 0.15) is 18.1 Å². The molecule has 0 unspecified atom stereocenters. The first kappa shape index (κ1) is 17.0. The molecule has 25 heavy (non-hydrogen) atoms. The van der Waals surface area contributed by atoms with E-state index in [9.17, 15) is 14.4 Å². The molecular weight excluding hydrogens is 342 g/mol. The molecule has 0 saturated carbocycles. The van der Waals surface area contributed by atoms with Crippen LogP contribution in [-0.4, -0.2) is 22.9 Å². The average Bonchev–Trinajstić information content (AvgIpc) is 2.82. The summed E-state index contributed by atoms with van der Waals surface area (Å²) in [6, 6.07) is 15.0. The molecule has 4 amide bonds. The second kappa shape index (κ2) is 6.57. The van der Waals surface area contributed by atoms with Crippen molar-refractivity contribution in [2.45, 2.75) is 18.9 Å². The first-order chi connectivity index (χ1) is 11.9. The number of nitrogens with one attached hydrogen (secondary N) is 2. The van der Waals surface area contributed by atoms with E-state index in [-0.39, 0.29) is 6.42 Å². The van der Waals surface area contributed by atoms with E-state index in [1.807, 2.05) is 6.07 Å². The van der Waals surface area contributed by atoms with Gasteiger partial charge in [0.2, 0.25) is 5.91 Å². The van der Waals surface area contributed by atoms with E-state index in [4.69, 9.17) is 11.6 Å². The zero-order chi connectivity index (χ0) is 18.0. The number of imide groups is 1. The van der Waals surface area contributed by atoms with Crippen LogP contribution in [0.15, 0.2) is 54.6 Å². The minimum absolute atomic E-state index is 0.0241. The van der Waals surface area contributed by atoms with Crippen LogP contribution in [0.2, 0.25) is 5.02 Å². The van der Waals surface area contributed by atoms with Gasteiger partial charge in [-0.15, -0.1) is 0 Å². The Morgan fingerprint density at radius 1 is 1.12 bits per heavy atom. The Morgan fingerprint density at radius 3 is 2.40 bits per heavy atom. The maximum absolute atomic E-state index is 12.7. The molecule has 0 bridgehead atoms. The first-order valence-corrected chi connectivity index (χ1v) is 8.04. The summed E-state index contributed by atoms with van der Waals surface area (Å²) in [6.07, 6.45) is 0.0241. The second-order valence-corrected chi connectivity index (χ2v) is 6.34. The quantitative estimate of drug-likeness (QED) is 0.825. The molecule has 1 fully saturated rings. The molecule has 1 heterocycles. The topological polar surface area (TPSA) is 78.5 Å². The maximum Gasteiger partial charge on any atom is 0.344 e. The molecule has 1 aliphatic heterocycles. The molecule has 0 aromatic heterocycles. The largest absolute Gasteiger partial charge is 0.344 e. The van der Waals surface area contributed by atoms with Gasteiger partial charge in [-0.2, -0.15) is 5.01 Å². The predicted molar refractivity (Wildman–Crippen MR) is 92.5 cm³/mol. The van der Waals surface area contributed by atoms with E-state index in [0.717, 1.165) is 10.6 Å². The van der Waals surface area contributed by atoms with Crippen molar-refractivity contribution in [1.82, 2.24) is 15.8 Å². The smallest absolute Gasteiger partial charge is 0.318 e. The molecule has 2 N–H and O–H groups in total. The predicted octanol–water partition coefficient (Wildman–Crippen LogP) is 2.38. The lowest BCUT2D eigenvalue weighted by Gasteiger charge is -2.22. The number of carbonyl (C=O) groups excluding carboxylic acids is 3. The molecule has 6 nitrogen and oxygen atoms in total. The van der Waals surface area contributed by atoms with Gasteiger partial charge >= 0.3 is 6.03 Å². The number of rotatable bonds is 4. The number of nitrogens with zero attached hydrogens (tertiary/aromatic N) is 1. The number of benzene rings is 2. The minimum atomic E-state index is -1.22. The van der Waals surface area contributed by atoms with Gasteiger partial charge < -0.3 is 5.32 Å². The van der Waals surface area contributed by atoms with Crippen molar-refractivity contribution in [3.63, 3.8) is 0 Å². The third kappa shape index (κ3) is 3.34. The van der Waals surface area contributed by atoms with Crippen LogP contribution in [0.3, 0.4) is 0 Å². The number of hydrogen-bond donors (Lipinski definition) is 2. The lowest BCUT2D eigenvalue weighted by molar-refractivity contribution is -0.138. The van der Waals surface area contributed by atoms with Crippen LogP contribution in [0.25, 0.3) is 0 Å². The molecule has 2 aromatic rings. The Morgan fingerprint density at radius 2 is 1.76 bits per heavy atom. The maximum atomic E-state index is 12.7. The monoisotopic (exact) mass is 357 g/mol. The Labute approximate surface area is 149 Å². The van der Waals surface area contributed by atoms with Crippen LogP contribution < -0.4 is 10.7 Å². The molecule has 0 aliphatic carbocycles. The number of urea groups is 1. The SMILES string of the molecule is C[C@@]1(c2ccccc2)NC(=O)N(NC(=O)Cc2ccc(Cl)cc2)C1=O. The zero-order valence-electron chi connectivity index (χ0n) is 13.5. The third-order valence-electron chi connectivity index (χ3n) is 4.06. The summed E-state index contributed by atoms with van der Waals surface area (Å²) >= 11 is 5.81. The highest BCUT2D eigenvalue weighted by Gasteiger charge is 2.49. The Hall–Kier alpha value is -2.86. The van der Waals surface area contributed by atoms with Crippen LogP contribution in [0.5, 0.6) is 0 Å². The van der Waals surface area contributed by atoms with Gasteiger partial charge in [-0.25, -0.2) is 4.79 Å². The summed E-state index contributed by atoms with van der Waals surface area (Å²) in [5, 5.41) is 3.92. The molecule has 128 valence electrons. The Balaban J connectivity index is 1.72. The van der Waals surface area contributed by atoms with Crippen LogP contribution in [-0.2, 0) is 21.5 Å². The van der Waals surface area contributed by atoms with Crippen molar-refractivity contribution < 1.29 is 14.4 Å². The van der Waals surface area contributed by atoms with E-state index in [2.05, 4.69) is 10.7 Å². The van der Waals surface area contributed by atoms with Crippen LogP contribution in [0.4, 0.5) is 4.79 Å². The lowest BCUT2D eigenvalue weighted by Crippen LogP contribution is -2.48. The molecule has 1 saturated heterocycles. The molecule has 7 heteroatoms. The summed E-state index contributed by atoms with van der Waals surface area (Å²) in [6.45, 7) is 1.61. The van der Waals surface area contributed by atoms with E-state index < -0.39 is 23.4 Å². The summed E-state index contributed by atoms with van der Waals surface area (Å²) in [4.78, 5) is 37.0. The van der Waals surface area contributed by atoms with Gasteiger partial charge in [-0.1, -0.05) is 54.1 Å². The average molecular weight is 358 g/mol. The lowest BCUT2D eigenvalue weighted by atomic mass is 9.92. The highest BCUT2D eigenvalue weighted by atomic mass is 35.5. The fourth-order valence-corrected chi connectivity index (χ4v) is 2.79. The van der Waals surface area contributed by atoms with Gasteiger partial charge in [-0.3, -0.25) is 15.0 Å². The van der Waals surface area contributed by atoms with Crippen molar-refractivity contribution in [2.75, 3.05) is 0 Å². The van der Waals surface area contributed by atoms with Crippen molar-refractivity contribution >= 4 is 29.4 Å². The Bertz CT molecular complexity index is 823. The first-order valence-electron chi connectivity index (χ1n) is 7.66.